The van der Waals surface area contributed by atoms with E-state index in [0.29, 0.717) is 29.1 Å². The van der Waals surface area contributed by atoms with Crippen LogP contribution in [0.5, 0.6) is 0 Å². The molecule has 0 spiro atoms. The van der Waals surface area contributed by atoms with Gasteiger partial charge < -0.3 is 0 Å². The first-order chi connectivity index (χ1) is 20.3. The van der Waals surface area contributed by atoms with Crippen LogP contribution in [0.15, 0.2) is 34.1 Å². The van der Waals surface area contributed by atoms with E-state index in [4.69, 9.17) is 0 Å². The summed E-state index contributed by atoms with van der Waals surface area (Å²) >= 11 is 0. The van der Waals surface area contributed by atoms with Gasteiger partial charge in [-0.05, 0) is 88.2 Å². The molecule has 2 atom stereocenters. The molecule has 6 nitrogen and oxygen atoms in total. The zero-order valence-corrected chi connectivity index (χ0v) is 30.8. The Morgan fingerprint density at radius 1 is 0.500 bits per heavy atom. The van der Waals surface area contributed by atoms with E-state index in [-0.39, 0.29) is 47.6 Å². The highest BCUT2D eigenvalue weighted by molar-refractivity contribution is 7.90. The molecule has 0 radical (unpaired) electrons. The second-order valence-corrected chi connectivity index (χ2v) is 18.1. The molecule has 1 saturated carbocycles. The number of hydrogen-bond donors (Lipinski definition) is 2. The van der Waals surface area contributed by atoms with E-state index >= 15 is 0 Å². The summed E-state index contributed by atoms with van der Waals surface area (Å²) in [5, 5.41) is 0. The van der Waals surface area contributed by atoms with Crippen molar-refractivity contribution in [2.45, 2.75) is 166 Å². The lowest BCUT2D eigenvalue weighted by molar-refractivity contribution is 0.352. The molecular weight excluding hydrogens is 589 g/mol. The average Bonchev–Trinajstić information content (AvgIpc) is 2.90. The molecule has 1 aliphatic rings. The first-order valence-electron chi connectivity index (χ1n) is 16.7. The van der Waals surface area contributed by atoms with Crippen LogP contribution in [-0.4, -0.2) is 28.9 Å². The third kappa shape index (κ3) is 8.34. The van der Waals surface area contributed by atoms with Crippen molar-refractivity contribution in [1.82, 2.24) is 9.44 Å². The molecule has 3 rings (SSSR count). The van der Waals surface area contributed by atoms with Gasteiger partial charge in [-0.3, -0.25) is 0 Å². The van der Waals surface area contributed by atoms with Crippen LogP contribution < -0.4 is 9.44 Å². The molecule has 0 heterocycles. The minimum absolute atomic E-state index is 0.0380. The number of sulfonamides is 2. The average molecular weight is 647 g/mol. The zero-order valence-electron chi connectivity index (χ0n) is 29.2. The molecule has 2 aromatic rings. The summed E-state index contributed by atoms with van der Waals surface area (Å²) < 4.78 is 62.5. The van der Waals surface area contributed by atoms with Crippen molar-refractivity contribution in [3.63, 3.8) is 0 Å². The smallest absolute Gasteiger partial charge is 0.208 e. The first kappa shape index (κ1) is 36.7. The molecular formula is C36H58N2O4S2. The Balaban J connectivity index is 1.96. The van der Waals surface area contributed by atoms with Crippen molar-refractivity contribution in [1.29, 1.82) is 0 Å². The molecule has 1 aliphatic carbocycles. The molecule has 8 heteroatoms. The van der Waals surface area contributed by atoms with Gasteiger partial charge in [-0.15, -0.1) is 0 Å². The topological polar surface area (TPSA) is 92.3 Å². The van der Waals surface area contributed by atoms with E-state index in [1.54, 1.807) is 0 Å². The van der Waals surface area contributed by atoms with Gasteiger partial charge in [0, 0.05) is 12.1 Å². The quantitative estimate of drug-likeness (QED) is 0.241. The van der Waals surface area contributed by atoms with Crippen molar-refractivity contribution >= 4 is 20.0 Å². The molecule has 2 aromatic carbocycles. The molecule has 1 fully saturated rings. The maximum atomic E-state index is 14.1. The van der Waals surface area contributed by atoms with Crippen molar-refractivity contribution in [2.24, 2.45) is 0 Å². The minimum Gasteiger partial charge on any atom is -0.208 e. The second kappa shape index (κ2) is 14.4. The summed E-state index contributed by atoms with van der Waals surface area (Å²) in [7, 11) is -7.70. The Bertz CT molecular complexity index is 1350. The summed E-state index contributed by atoms with van der Waals surface area (Å²) in [6, 6.07) is 7.49. The number of rotatable bonds is 12. The third-order valence-electron chi connectivity index (χ3n) is 9.01. The van der Waals surface area contributed by atoms with Crippen LogP contribution in [0.1, 0.15) is 178 Å². The van der Waals surface area contributed by atoms with Gasteiger partial charge >= 0.3 is 0 Å². The van der Waals surface area contributed by atoms with Crippen molar-refractivity contribution in [3.05, 3.63) is 57.6 Å². The third-order valence-corrected chi connectivity index (χ3v) is 12.3. The predicted molar refractivity (Wildman–Crippen MR) is 184 cm³/mol. The summed E-state index contributed by atoms with van der Waals surface area (Å²) in [5.74, 6) is 0.728. The fourth-order valence-electron chi connectivity index (χ4n) is 6.36. The van der Waals surface area contributed by atoms with Crippen molar-refractivity contribution < 1.29 is 16.8 Å². The van der Waals surface area contributed by atoms with Crippen LogP contribution in [0, 0.1) is 0 Å². The van der Waals surface area contributed by atoms with E-state index in [1.807, 2.05) is 55.4 Å². The SMILES string of the molecule is CC(C)c1cc(C(C)C)c(S(=O)(=O)N[C@@H]2CCC[C@H](NS(=O)(=O)c3c(C(C)C)cc(C(C)C)cc3C(C)C)C2)c(C(C)C)c1. The molecule has 0 bridgehead atoms. The molecule has 0 aromatic heterocycles. The van der Waals surface area contributed by atoms with Gasteiger partial charge in [-0.2, -0.15) is 0 Å². The lowest BCUT2D eigenvalue weighted by Crippen LogP contribution is -2.46. The zero-order chi connectivity index (χ0) is 33.3. The van der Waals surface area contributed by atoms with Gasteiger partial charge in [0.05, 0.1) is 9.79 Å². The van der Waals surface area contributed by atoms with E-state index in [9.17, 15) is 16.8 Å². The monoisotopic (exact) mass is 646 g/mol. The van der Waals surface area contributed by atoms with Crippen LogP contribution in [0.4, 0.5) is 0 Å². The fourth-order valence-corrected chi connectivity index (χ4v) is 10.3. The molecule has 0 amide bonds. The highest BCUT2D eigenvalue weighted by atomic mass is 32.2. The van der Waals surface area contributed by atoms with Crippen molar-refractivity contribution in [3.8, 4) is 0 Å². The molecule has 248 valence electrons. The Labute approximate surface area is 269 Å². The van der Waals surface area contributed by atoms with Gasteiger partial charge in [0.25, 0.3) is 0 Å². The summed E-state index contributed by atoms with van der Waals surface area (Å²) in [6.45, 7) is 24.8. The molecule has 2 N–H and O–H groups in total. The number of benzene rings is 2. The first-order valence-corrected chi connectivity index (χ1v) is 19.6. The highest BCUT2D eigenvalue weighted by Gasteiger charge is 2.34. The van der Waals surface area contributed by atoms with Crippen LogP contribution in [0.3, 0.4) is 0 Å². The van der Waals surface area contributed by atoms with E-state index in [2.05, 4.69) is 61.4 Å². The van der Waals surface area contributed by atoms with Crippen LogP contribution in [-0.2, 0) is 20.0 Å². The predicted octanol–water partition coefficient (Wildman–Crippen LogP) is 9.00. The Hall–Kier alpha value is -1.74. The van der Waals surface area contributed by atoms with Crippen LogP contribution >= 0.6 is 0 Å². The van der Waals surface area contributed by atoms with Gasteiger partial charge in [0.15, 0.2) is 0 Å². The van der Waals surface area contributed by atoms with Crippen molar-refractivity contribution in [2.75, 3.05) is 0 Å². The molecule has 0 unspecified atom stereocenters. The number of hydrogen-bond acceptors (Lipinski definition) is 4. The minimum atomic E-state index is -3.85. The van der Waals surface area contributed by atoms with E-state index < -0.39 is 20.0 Å². The van der Waals surface area contributed by atoms with E-state index in [1.165, 1.54) is 0 Å². The summed E-state index contributed by atoms with van der Waals surface area (Å²) in [6.07, 6.45) is 2.50. The Kier molecular flexibility index (Phi) is 12.0. The van der Waals surface area contributed by atoms with Gasteiger partial charge in [0.2, 0.25) is 20.0 Å². The molecule has 0 saturated heterocycles. The molecule has 0 aliphatic heterocycles. The summed E-state index contributed by atoms with van der Waals surface area (Å²) in [4.78, 5) is 0.783. The Morgan fingerprint density at radius 2 is 0.773 bits per heavy atom. The fraction of sp³-hybridized carbons (Fsp3) is 0.667. The lowest BCUT2D eigenvalue weighted by Gasteiger charge is -2.32. The maximum Gasteiger partial charge on any atom is 0.241 e. The highest BCUT2D eigenvalue weighted by Crippen LogP contribution is 2.37. The largest absolute Gasteiger partial charge is 0.241 e. The number of nitrogens with one attached hydrogen (secondary N) is 2. The summed E-state index contributed by atoms with van der Waals surface area (Å²) in [5.41, 5.74) is 5.65. The lowest BCUT2D eigenvalue weighted by atomic mass is 9.89. The Morgan fingerprint density at radius 3 is 1.00 bits per heavy atom. The molecule has 44 heavy (non-hydrogen) atoms. The van der Waals surface area contributed by atoms with Gasteiger partial charge in [-0.25, -0.2) is 26.3 Å². The second-order valence-electron chi connectivity index (χ2n) is 14.8. The maximum absolute atomic E-state index is 14.1. The van der Waals surface area contributed by atoms with E-state index in [0.717, 1.165) is 39.8 Å². The van der Waals surface area contributed by atoms with Crippen LogP contribution in [0.2, 0.25) is 0 Å². The van der Waals surface area contributed by atoms with Crippen LogP contribution in [0.25, 0.3) is 0 Å². The standard InChI is InChI=1S/C36H58N2O4S2/c1-21(2)27-16-31(23(5)6)35(32(17-27)24(7)8)43(39,40)37-29-14-13-15-30(20-29)38-44(41,42)36-33(25(9)10)18-28(22(3)4)19-34(36)26(11)12/h16-19,21-26,29-30,37-38H,13-15,20H2,1-12H3/t29-,30+. The van der Waals surface area contributed by atoms with Gasteiger partial charge in [-0.1, -0.05) is 114 Å². The van der Waals surface area contributed by atoms with Gasteiger partial charge in [0.1, 0.15) is 0 Å². The normalized spacial score (nSPS) is 18.5.